The molecule has 1 nitrogen and oxygen atoms in total. The van der Waals surface area contributed by atoms with Crippen LogP contribution < -0.4 is 0 Å². The molecular formula is C14H17N. The third-order valence-corrected chi connectivity index (χ3v) is 3.48. The second-order valence-corrected chi connectivity index (χ2v) is 4.76. The van der Waals surface area contributed by atoms with Crippen LogP contribution in [0.3, 0.4) is 0 Å². The van der Waals surface area contributed by atoms with E-state index in [0.717, 1.165) is 0 Å². The molecule has 2 aromatic rings. The molecular weight excluding hydrogens is 182 g/mol. The molecule has 1 heterocycles. The Balaban J connectivity index is 2.41. The number of hydrogen-bond acceptors (Lipinski definition) is 0. The van der Waals surface area contributed by atoms with Crippen molar-refractivity contribution in [1.82, 2.24) is 4.57 Å². The summed E-state index contributed by atoms with van der Waals surface area (Å²) in [6.07, 6.45) is 3.87. The summed E-state index contributed by atoms with van der Waals surface area (Å²) in [7, 11) is 0. The van der Waals surface area contributed by atoms with Gasteiger partial charge in [0.15, 0.2) is 0 Å². The largest absolute Gasteiger partial charge is 0.342 e. The summed E-state index contributed by atoms with van der Waals surface area (Å²) < 4.78 is 2.53. The van der Waals surface area contributed by atoms with Crippen LogP contribution in [0.2, 0.25) is 0 Å². The zero-order chi connectivity index (χ0) is 10.4. The third-order valence-electron chi connectivity index (χ3n) is 3.48. The SMILES string of the molecule is CC(C)n1c2c(c3ccccc31)CCC2. The fraction of sp³-hybridized carbons (Fsp3) is 0.429. The molecule has 15 heavy (non-hydrogen) atoms. The van der Waals surface area contributed by atoms with Crippen molar-refractivity contribution in [1.29, 1.82) is 0 Å². The monoisotopic (exact) mass is 199 g/mol. The molecule has 0 radical (unpaired) electrons. The zero-order valence-electron chi connectivity index (χ0n) is 9.46. The molecule has 0 saturated carbocycles. The number of aryl methyl sites for hydroxylation is 1. The molecule has 0 fully saturated rings. The summed E-state index contributed by atoms with van der Waals surface area (Å²) >= 11 is 0. The fourth-order valence-corrected chi connectivity index (χ4v) is 2.96. The topological polar surface area (TPSA) is 4.93 Å². The molecule has 0 unspecified atom stereocenters. The number of aromatic nitrogens is 1. The molecule has 0 N–H and O–H groups in total. The average molecular weight is 199 g/mol. The van der Waals surface area contributed by atoms with Gasteiger partial charge >= 0.3 is 0 Å². The minimum Gasteiger partial charge on any atom is -0.342 e. The lowest BCUT2D eigenvalue weighted by molar-refractivity contribution is 0.597. The molecule has 1 heteroatoms. The van der Waals surface area contributed by atoms with Crippen LogP contribution in [-0.2, 0) is 12.8 Å². The van der Waals surface area contributed by atoms with Gasteiger partial charge in [-0.3, -0.25) is 0 Å². The molecule has 0 amide bonds. The third kappa shape index (κ3) is 1.16. The van der Waals surface area contributed by atoms with E-state index in [-0.39, 0.29) is 0 Å². The molecule has 0 aliphatic heterocycles. The molecule has 1 aliphatic rings. The number of hydrogen-bond donors (Lipinski definition) is 0. The van der Waals surface area contributed by atoms with E-state index in [1.807, 2.05) is 0 Å². The summed E-state index contributed by atoms with van der Waals surface area (Å²) in [6.45, 7) is 4.57. The molecule has 78 valence electrons. The van der Waals surface area contributed by atoms with Gasteiger partial charge in [-0.2, -0.15) is 0 Å². The van der Waals surface area contributed by atoms with Gasteiger partial charge in [-0.05, 0) is 44.7 Å². The van der Waals surface area contributed by atoms with Gasteiger partial charge in [0.05, 0.1) is 0 Å². The van der Waals surface area contributed by atoms with Crippen LogP contribution in [0.15, 0.2) is 24.3 Å². The van der Waals surface area contributed by atoms with Gasteiger partial charge in [0.1, 0.15) is 0 Å². The van der Waals surface area contributed by atoms with Crippen molar-refractivity contribution in [2.45, 2.75) is 39.2 Å². The molecule has 0 spiro atoms. The molecule has 0 bridgehead atoms. The summed E-state index contributed by atoms with van der Waals surface area (Å²) in [5.74, 6) is 0. The highest BCUT2D eigenvalue weighted by Crippen LogP contribution is 2.34. The Kier molecular flexibility index (Phi) is 1.88. The first kappa shape index (κ1) is 9.02. The summed E-state index contributed by atoms with van der Waals surface area (Å²) in [5.41, 5.74) is 4.63. The first-order valence-corrected chi connectivity index (χ1v) is 5.89. The average Bonchev–Trinajstić information content (AvgIpc) is 2.75. The second-order valence-electron chi connectivity index (χ2n) is 4.76. The number of para-hydroxylation sites is 1. The number of benzene rings is 1. The van der Waals surface area contributed by atoms with Crippen LogP contribution in [0.5, 0.6) is 0 Å². The van der Waals surface area contributed by atoms with E-state index in [9.17, 15) is 0 Å². The van der Waals surface area contributed by atoms with Crippen molar-refractivity contribution in [2.24, 2.45) is 0 Å². The standard InChI is InChI=1S/C14H17N/c1-10(2)15-13-8-4-3-6-11(13)12-7-5-9-14(12)15/h3-4,6,8,10H,5,7,9H2,1-2H3. The van der Waals surface area contributed by atoms with Gasteiger partial charge < -0.3 is 4.57 Å². The Morgan fingerprint density at radius 1 is 1.13 bits per heavy atom. The lowest BCUT2D eigenvalue weighted by Gasteiger charge is -2.13. The van der Waals surface area contributed by atoms with Gasteiger partial charge in [-0.25, -0.2) is 0 Å². The van der Waals surface area contributed by atoms with E-state index >= 15 is 0 Å². The molecule has 1 aliphatic carbocycles. The van der Waals surface area contributed by atoms with Gasteiger partial charge in [0, 0.05) is 22.6 Å². The van der Waals surface area contributed by atoms with E-state index in [2.05, 4.69) is 42.7 Å². The maximum atomic E-state index is 2.53. The quantitative estimate of drug-likeness (QED) is 0.659. The molecule has 1 aromatic carbocycles. The van der Waals surface area contributed by atoms with Crippen molar-refractivity contribution in [3.8, 4) is 0 Å². The second kappa shape index (κ2) is 3.13. The molecule has 0 saturated heterocycles. The Bertz CT molecular complexity index is 505. The number of nitrogens with zero attached hydrogens (tertiary/aromatic N) is 1. The first-order chi connectivity index (χ1) is 7.29. The lowest BCUT2D eigenvalue weighted by atomic mass is 10.1. The Labute approximate surface area is 90.7 Å². The number of fused-ring (bicyclic) bond motifs is 3. The van der Waals surface area contributed by atoms with Crippen LogP contribution in [0.1, 0.15) is 37.6 Å². The maximum Gasteiger partial charge on any atom is 0.0487 e. The van der Waals surface area contributed by atoms with Gasteiger partial charge in [-0.1, -0.05) is 18.2 Å². The van der Waals surface area contributed by atoms with E-state index in [4.69, 9.17) is 0 Å². The van der Waals surface area contributed by atoms with Crippen LogP contribution in [-0.4, -0.2) is 4.57 Å². The summed E-state index contributed by atoms with van der Waals surface area (Å²) in [5, 5.41) is 1.48. The van der Waals surface area contributed by atoms with E-state index < -0.39 is 0 Å². The highest BCUT2D eigenvalue weighted by atomic mass is 15.0. The predicted octanol–water partition coefficient (Wildman–Crippen LogP) is 3.71. The van der Waals surface area contributed by atoms with Crippen molar-refractivity contribution < 1.29 is 0 Å². The van der Waals surface area contributed by atoms with Gasteiger partial charge in [0.25, 0.3) is 0 Å². The number of rotatable bonds is 1. The minimum absolute atomic E-state index is 0.580. The highest BCUT2D eigenvalue weighted by Gasteiger charge is 2.21. The zero-order valence-corrected chi connectivity index (χ0v) is 9.46. The smallest absolute Gasteiger partial charge is 0.0487 e. The van der Waals surface area contributed by atoms with Crippen molar-refractivity contribution in [3.05, 3.63) is 35.5 Å². The predicted molar refractivity (Wildman–Crippen MR) is 64.3 cm³/mol. The Morgan fingerprint density at radius 2 is 1.93 bits per heavy atom. The van der Waals surface area contributed by atoms with E-state index in [1.54, 1.807) is 11.3 Å². The first-order valence-electron chi connectivity index (χ1n) is 5.89. The van der Waals surface area contributed by atoms with Crippen molar-refractivity contribution >= 4 is 10.9 Å². The van der Waals surface area contributed by atoms with Crippen LogP contribution in [0, 0.1) is 0 Å². The van der Waals surface area contributed by atoms with Crippen molar-refractivity contribution in [2.75, 3.05) is 0 Å². The van der Waals surface area contributed by atoms with E-state index in [1.165, 1.54) is 30.2 Å². The van der Waals surface area contributed by atoms with Gasteiger partial charge in [0.2, 0.25) is 0 Å². The van der Waals surface area contributed by atoms with Crippen molar-refractivity contribution in [3.63, 3.8) is 0 Å². The molecule has 3 rings (SSSR count). The highest BCUT2D eigenvalue weighted by molar-refractivity contribution is 5.86. The maximum absolute atomic E-state index is 2.53. The van der Waals surface area contributed by atoms with Crippen LogP contribution in [0.4, 0.5) is 0 Å². The minimum atomic E-state index is 0.580. The fourth-order valence-electron chi connectivity index (χ4n) is 2.96. The van der Waals surface area contributed by atoms with E-state index in [0.29, 0.717) is 6.04 Å². The molecule has 0 atom stereocenters. The van der Waals surface area contributed by atoms with Crippen LogP contribution in [0.25, 0.3) is 10.9 Å². The summed E-state index contributed by atoms with van der Waals surface area (Å²) in [6, 6.07) is 9.42. The Morgan fingerprint density at radius 3 is 2.73 bits per heavy atom. The lowest BCUT2D eigenvalue weighted by Crippen LogP contribution is -2.04. The Hall–Kier alpha value is -1.24. The van der Waals surface area contributed by atoms with Crippen LogP contribution >= 0.6 is 0 Å². The molecule has 1 aromatic heterocycles. The van der Waals surface area contributed by atoms with Gasteiger partial charge in [-0.15, -0.1) is 0 Å². The normalized spacial score (nSPS) is 15.1. The summed E-state index contributed by atoms with van der Waals surface area (Å²) in [4.78, 5) is 0.